The third-order valence-corrected chi connectivity index (χ3v) is 5.70. The van der Waals surface area contributed by atoms with E-state index in [4.69, 9.17) is 11.6 Å². The number of benzene rings is 2. The second-order valence-corrected chi connectivity index (χ2v) is 8.57. The van der Waals surface area contributed by atoms with Crippen LogP contribution in [0.3, 0.4) is 0 Å². The van der Waals surface area contributed by atoms with Gasteiger partial charge in [-0.3, -0.25) is 9.59 Å². The Labute approximate surface area is 185 Å². The maximum Gasteiger partial charge on any atom is 0.242 e. The lowest BCUT2D eigenvalue weighted by molar-refractivity contribution is -0.138. The zero-order chi connectivity index (χ0) is 22.3. The Bertz CT molecular complexity index is 858. The highest BCUT2D eigenvalue weighted by Gasteiger charge is 2.26. The largest absolute Gasteiger partial charge is 0.352 e. The van der Waals surface area contributed by atoms with E-state index in [0.717, 1.165) is 0 Å². The van der Waals surface area contributed by atoms with E-state index in [0.29, 0.717) is 16.1 Å². The molecule has 0 bridgehead atoms. The van der Waals surface area contributed by atoms with E-state index >= 15 is 0 Å². The Balaban J connectivity index is 2.10. The van der Waals surface area contributed by atoms with E-state index in [1.807, 2.05) is 13.8 Å². The quantitative estimate of drug-likeness (QED) is 0.592. The number of nitrogens with zero attached hydrogens (tertiary/aromatic N) is 1. The number of amides is 2. The normalized spacial score (nSPS) is 12.0. The molecule has 30 heavy (non-hydrogen) atoms. The maximum atomic E-state index is 13.9. The van der Waals surface area contributed by atoms with E-state index in [2.05, 4.69) is 5.32 Å². The second kappa shape index (κ2) is 11.3. The third-order valence-electron chi connectivity index (χ3n) is 4.40. The zero-order valence-electron chi connectivity index (χ0n) is 17.1. The van der Waals surface area contributed by atoms with Gasteiger partial charge in [0, 0.05) is 28.9 Å². The van der Waals surface area contributed by atoms with Crippen molar-refractivity contribution in [3.63, 3.8) is 0 Å². The fraction of sp³-hybridized carbons (Fsp3) is 0.364. The van der Waals surface area contributed by atoms with Crippen LogP contribution in [0.5, 0.6) is 0 Å². The van der Waals surface area contributed by atoms with Crippen molar-refractivity contribution >= 4 is 35.2 Å². The number of halogens is 3. The molecule has 162 valence electrons. The number of thioether (sulfide) groups is 1. The molecule has 1 unspecified atom stereocenters. The van der Waals surface area contributed by atoms with Gasteiger partial charge in [-0.15, -0.1) is 11.8 Å². The standard InChI is InChI=1S/C22H25ClF2N2O2S/c1-14(2)26-22(29)15(3)27(11-16-7-9-17(24)10-8-16)21(28)13-30-12-18-19(23)5-4-6-20(18)25/h4-10,14-15H,11-13H2,1-3H3,(H,26,29). The predicted octanol–water partition coefficient (Wildman–Crippen LogP) is 4.79. The molecule has 0 saturated carbocycles. The summed E-state index contributed by atoms with van der Waals surface area (Å²) in [7, 11) is 0. The highest BCUT2D eigenvalue weighted by molar-refractivity contribution is 7.99. The molecule has 0 aliphatic rings. The lowest BCUT2D eigenvalue weighted by Crippen LogP contribution is -2.49. The first-order valence-corrected chi connectivity index (χ1v) is 11.1. The lowest BCUT2D eigenvalue weighted by Gasteiger charge is -2.29. The van der Waals surface area contributed by atoms with Gasteiger partial charge in [0.2, 0.25) is 11.8 Å². The van der Waals surface area contributed by atoms with E-state index in [1.165, 1.54) is 40.9 Å². The van der Waals surface area contributed by atoms with Crippen LogP contribution < -0.4 is 5.32 Å². The molecule has 0 saturated heterocycles. The van der Waals surface area contributed by atoms with Crippen molar-refractivity contribution in [3.05, 3.63) is 70.2 Å². The Morgan fingerprint density at radius 2 is 1.77 bits per heavy atom. The van der Waals surface area contributed by atoms with Crippen LogP contribution in [0.4, 0.5) is 8.78 Å². The lowest BCUT2D eigenvalue weighted by atomic mass is 10.1. The van der Waals surface area contributed by atoms with Crippen LogP contribution in [-0.4, -0.2) is 34.6 Å². The summed E-state index contributed by atoms with van der Waals surface area (Å²) in [6.45, 7) is 5.49. The number of hydrogen-bond donors (Lipinski definition) is 1. The fourth-order valence-corrected chi connectivity index (χ4v) is 4.02. The van der Waals surface area contributed by atoms with Gasteiger partial charge in [0.25, 0.3) is 0 Å². The van der Waals surface area contributed by atoms with E-state index in [-0.39, 0.29) is 41.7 Å². The van der Waals surface area contributed by atoms with Crippen LogP contribution in [-0.2, 0) is 21.9 Å². The van der Waals surface area contributed by atoms with Crippen LogP contribution in [0.15, 0.2) is 42.5 Å². The van der Waals surface area contributed by atoms with E-state index < -0.39 is 11.9 Å². The molecule has 4 nitrogen and oxygen atoms in total. The number of hydrogen-bond acceptors (Lipinski definition) is 3. The minimum Gasteiger partial charge on any atom is -0.352 e. The predicted molar refractivity (Wildman–Crippen MR) is 117 cm³/mol. The molecule has 0 aliphatic carbocycles. The Morgan fingerprint density at radius 1 is 1.10 bits per heavy atom. The van der Waals surface area contributed by atoms with Crippen LogP contribution in [0.25, 0.3) is 0 Å². The van der Waals surface area contributed by atoms with Crippen LogP contribution in [0.1, 0.15) is 31.9 Å². The van der Waals surface area contributed by atoms with Crippen molar-refractivity contribution < 1.29 is 18.4 Å². The summed E-state index contributed by atoms with van der Waals surface area (Å²) in [4.78, 5) is 26.9. The van der Waals surface area contributed by atoms with Crippen molar-refractivity contribution in [1.82, 2.24) is 10.2 Å². The highest BCUT2D eigenvalue weighted by Crippen LogP contribution is 2.24. The summed E-state index contributed by atoms with van der Waals surface area (Å²) in [5, 5.41) is 3.11. The fourth-order valence-electron chi connectivity index (χ4n) is 2.77. The Kier molecular flexibility index (Phi) is 9.11. The van der Waals surface area contributed by atoms with Gasteiger partial charge < -0.3 is 10.2 Å². The molecule has 0 aromatic heterocycles. The molecule has 1 N–H and O–H groups in total. The molecule has 0 radical (unpaired) electrons. The molecule has 2 amide bonds. The molecular weight excluding hydrogens is 430 g/mol. The monoisotopic (exact) mass is 454 g/mol. The van der Waals surface area contributed by atoms with Gasteiger partial charge in [-0.1, -0.05) is 29.8 Å². The molecule has 2 aromatic carbocycles. The molecule has 0 aliphatic heterocycles. The molecule has 2 aromatic rings. The summed E-state index contributed by atoms with van der Waals surface area (Å²) in [6, 6.07) is 9.44. The van der Waals surface area contributed by atoms with Crippen molar-refractivity contribution in [1.29, 1.82) is 0 Å². The topological polar surface area (TPSA) is 49.4 Å². The minimum absolute atomic E-state index is 0.0468. The van der Waals surface area contributed by atoms with Gasteiger partial charge in [0.05, 0.1) is 5.75 Å². The molecular formula is C22H25ClF2N2O2S. The highest BCUT2D eigenvalue weighted by atomic mass is 35.5. The average Bonchev–Trinajstić information content (AvgIpc) is 2.68. The van der Waals surface area contributed by atoms with Gasteiger partial charge >= 0.3 is 0 Å². The van der Waals surface area contributed by atoms with Crippen LogP contribution in [0.2, 0.25) is 5.02 Å². The SMILES string of the molecule is CC(C)NC(=O)C(C)N(Cc1ccc(F)cc1)C(=O)CSCc1c(F)cccc1Cl. The Hall–Kier alpha value is -2.12. The summed E-state index contributed by atoms with van der Waals surface area (Å²) in [5.74, 6) is -1.07. The first-order valence-electron chi connectivity index (χ1n) is 9.54. The van der Waals surface area contributed by atoms with Gasteiger partial charge in [0.1, 0.15) is 17.7 Å². The van der Waals surface area contributed by atoms with Crippen LogP contribution >= 0.6 is 23.4 Å². The zero-order valence-corrected chi connectivity index (χ0v) is 18.7. The molecule has 0 heterocycles. The van der Waals surface area contributed by atoms with Crippen molar-refractivity contribution in [3.8, 4) is 0 Å². The third kappa shape index (κ3) is 6.99. The van der Waals surface area contributed by atoms with Crippen molar-refractivity contribution in [2.75, 3.05) is 5.75 Å². The first kappa shape index (κ1) is 24.2. The summed E-state index contributed by atoms with van der Waals surface area (Å²) in [6.07, 6.45) is 0. The molecule has 1 atom stereocenters. The van der Waals surface area contributed by atoms with Gasteiger partial charge in [0.15, 0.2) is 0 Å². The van der Waals surface area contributed by atoms with Crippen molar-refractivity contribution in [2.45, 2.75) is 45.2 Å². The van der Waals surface area contributed by atoms with Gasteiger partial charge in [-0.2, -0.15) is 0 Å². The van der Waals surface area contributed by atoms with Crippen molar-refractivity contribution in [2.24, 2.45) is 0 Å². The second-order valence-electron chi connectivity index (χ2n) is 7.18. The smallest absolute Gasteiger partial charge is 0.242 e. The molecule has 2 rings (SSSR count). The van der Waals surface area contributed by atoms with Gasteiger partial charge in [-0.25, -0.2) is 8.78 Å². The summed E-state index contributed by atoms with van der Waals surface area (Å²) < 4.78 is 27.1. The van der Waals surface area contributed by atoms with Gasteiger partial charge in [-0.05, 0) is 50.6 Å². The number of carbonyl (C=O) groups excluding carboxylic acids is 2. The maximum absolute atomic E-state index is 13.9. The van der Waals surface area contributed by atoms with E-state index in [9.17, 15) is 18.4 Å². The summed E-state index contributed by atoms with van der Waals surface area (Å²) in [5.41, 5.74) is 1.05. The summed E-state index contributed by atoms with van der Waals surface area (Å²) >= 11 is 7.26. The number of nitrogens with one attached hydrogen (secondary N) is 1. The molecule has 8 heteroatoms. The van der Waals surface area contributed by atoms with E-state index in [1.54, 1.807) is 25.1 Å². The van der Waals surface area contributed by atoms with Crippen LogP contribution in [0, 0.1) is 11.6 Å². The molecule has 0 spiro atoms. The minimum atomic E-state index is -0.720. The number of rotatable bonds is 9. The average molecular weight is 455 g/mol. The Morgan fingerprint density at radius 3 is 2.37 bits per heavy atom. The number of carbonyl (C=O) groups is 2. The molecule has 0 fully saturated rings. The first-order chi connectivity index (χ1) is 14.2.